The number of hydrogen-bond acceptors (Lipinski definition) is 3. The molecule has 124 valence electrons. The molecule has 4 nitrogen and oxygen atoms in total. The molecule has 1 rings (SSSR count). The highest BCUT2D eigenvalue weighted by Gasteiger charge is 2.69. The van der Waals surface area contributed by atoms with Gasteiger partial charge in [-0.05, 0) is 23.7 Å². The zero-order valence-corrected chi connectivity index (χ0v) is 14.9. The first kappa shape index (κ1) is 18.4. The van der Waals surface area contributed by atoms with Gasteiger partial charge in [-0.1, -0.05) is 61.8 Å². The van der Waals surface area contributed by atoms with Crippen molar-refractivity contribution in [1.29, 1.82) is 0 Å². The average Bonchev–Trinajstić information content (AvgIpc) is 2.24. The maximum Gasteiger partial charge on any atom is 0.342 e. The lowest BCUT2D eigenvalue weighted by atomic mass is 9.49. The van der Waals surface area contributed by atoms with E-state index in [1.165, 1.54) is 0 Å². The third-order valence-electron chi connectivity index (χ3n) is 5.62. The monoisotopic (exact) mass is 300 g/mol. The summed E-state index contributed by atoms with van der Waals surface area (Å²) >= 11 is 0. The van der Waals surface area contributed by atoms with Crippen LogP contribution in [0.25, 0.3) is 0 Å². The van der Waals surface area contributed by atoms with E-state index in [1.807, 2.05) is 0 Å². The molecular weight excluding hydrogens is 268 g/mol. The normalized spacial score (nSPS) is 27.3. The Balaban J connectivity index is 3.29. The first-order chi connectivity index (χ1) is 9.34. The maximum atomic E-state index is 11.9. The van der Waals surface area contributed by atoms with Gasteiger partial charge in [0.05, 0.1) is 0 Å². The van der Waals surface area contributed by atoms with E-state index in [1.54, 1.807) is 0 Å². The number of hydrogen-bond donors (Lipinski definition) is 1. The number of carbonyl (C=O) groups is 1. The van der Waals surface area contributed by atoms with Gasteiger partial charge in [0.25, 0.3) is 0 Å². The fourth-order valence-electron chi connectivity index (χ4n) is 3.55. The third kappa shape index (κ3) is 2.72. The van der Waals surface area contributed by atoms with E-state index in [0.717, 1.165) is 12.8 Å². The zero-order chi connectivity index (χ0) is 16.7. The first-order valence-corrected chi connectivity index (χ1v) is 7.92. The van der Waals surface area contributed by atoms with Crippen LogP contribution in [0.2, 0.25) is 0 Å². The fourth-order valence-corrected chi connectivity index (χ4v) is 3.55. The first-order valence-electron chi connectivity index (χ1n) is 7.92. The van der Waals surface area contributed by atoms with Crippen LogP contribution in [0.5, 0.6) is 0 Å². The summed E-state index contributed by atoms with van der Waals surface area (Å²) in [6, 6.07) is 0. The van der Waals surface area contributed by atoms with Crippen molar-refractivity contribution in [1.82, 2.24) is 0 Å². The van der Waals surface area contributed by atoms with Crippen molar-refractivity contribution >= 4 is 5.97 Å². The van der Waals surface area contributed by atoms with Gasteiger partial charge in [-0.15, -0.1) is 0 Å². The molecule has 0 aliphatic carbocycles. The Morgan fingerprint density at radius 1 is 1.10 bits per heavy atom. The van der Waals surface area contributed by atoms with Crippen LogP contribution in [0.15, 0.2) is 0 Å². The van der Waals surface area contributed by atoms with Gasteiger partial charge >= 0.3 is 5.97 Å². The lowest BCUT2D eigenvalue weighted by Crippen LogP contribution is -2.72. The van der Waals surface area contributed by atoms with Gasteiger partial charge in [0, 0.05) is 5.41 Å². The Labute approximate surface area is 129 Å². The van der Waals surface area contributed by atoms with Crippen molar-refractivity contribution in [3.05, 3.63) is 0 Å². The molecule has 2 unspecified atom stereocenters. The quantitative estimate of drug-likeness (QED) is 0.763. The summed E-state index contributed by atoms with van der Waals surface area (Å²) in [6.45, 7) is 17.1. The van der Waals surface area contributed by atoms with Gasteiger partial charge in [-0.2, -0.15) is 0 Å². The Bertz CT molecular complexity index is 375. The third-order valence-corrected chi connectivity index (χ3v) is 5.62. The summed E-state index contributed by atoms with van der Waals surface area (Å²) in [4.78, 5) is 22.6. The maximum absolute atomic E-state index is 11.9. The van der Waals surface area contributed by atoms with Crippen LogP contribution in [-0.2, 0) is 14.6 Å². The molecule has 4 heteroatoms. The Morgan fingerprint density at radius 2 is 1.57 bits per heavy atom. The van der Waals surface area contributed by atoms with Crippen molar-refractivity contribution in [3.63, 3.8) is 0 Å². The molecular formula is C17H32O4. The molecule has 1 N–H and O–H groups in total. The van der Waals surface area contributed by atoms with Crippen molar-refractivity contribution in [2.75, 3.05) is 0 Å². The van der Waals surface area contributed by atoms with Gasteiger partial charge in [-0.25, -0.2) is 14.6 Å². The van der Waals surface area contributed by atoms with Crippen molar-refractivity contribution in [2.24, 2.45) is 16.2 Å². The molecule has 1 aliphatic rings. The minimum absolute atomic E-state index is 0.118. The van der Waals surface area contributed by atoms with Crippen LogP contribution in [0.4, 0.5) is 0 Å². The summed E-state index contributed by atoms with van der Waals surface area (Å²) in [5, 5.41) is 9.77. The highest BCUT2D eigenvalue weighted by atomic mass is 17.3. The van der Waals surface area contributed by atoms with E-state index in [0.29, 0.717) is 6.42 Å². The fraction of sp³-hybridized carbons (Fsp3) is 0.941. The number of rotatable bonds is 5. The lowest BCUT2D eigenvalue weighted by Gasteiger charge is -2.61. The Morgan fingerprint density at radius 3 is 1.81 bits per heavy atom. The number of unbranched alkanes of at least 4 members (excludes halogenated alkanes) is 1. The number of carboxylic acids is 1. The van der Waals surface area contributed by atoms with E-state index in [9.17, 15) is 9.90 Å². The molecule has 0 saturated carbocycles. The van der Waals surface area contributed by atoms with Gasteiger partial charge in [0.2, 0.25) is 5.60 Å². The van der Waals surface area contributed by atoms with Crippen LogP contribution < -0.4 is 0 Å². The second-order valence-corrected chi connectivity index (χ2v) is 8.56. The number of carboxylic acid groups (broad SMARTS) is 1. The molecule has 1 aliphatic heterocycles. The van der Waals surface area contributed by atoms with Gasteiger partial charge in [0.1, 0.15) is 6.10 Å². The predicted octanol–water partition coefficient (Wildman–Crippen LogP) is 4.43. The van der Waals surface area contributed by atoms with E-state index in [4.69, 9.17) is 9.78 Å². The molecule has 2 atom stereocenters. The topological polar surface area (TPSA) is 55.8 Å². The molecule has 0 amide bonds. The highest BCUT2D eigenvalue weighted by molar-refractivity contribution is 5.79. The van der Waals surface area contributed by atoms with Crippen molar-refractivity contribution in [2.45, 2.75) is 86.4 Å². The molecule has 1 saturated heterocycles. The van der Waals surface area contributed by atoms with Crippen molar-refractivity contribution < 1.29 is 19.7 Å². The summed E-state index contributed by atoms with van der Waals surface area (Å²) in [5.41, 5.74) is -1.80. The molecule has 0 aromatic carbocycles. The smallest absolute Gasteiger partial charge is 0.342 e. The molecule has 0 bridgehead atoms. The second-order valence-electron chi connectivity index (χ2n) is 8.56. The molecule has 21 heavy (non-hydrogen) atoms. The summed E-state index contributed by atoms with van der Waals surface area (Å²) in [5.74, 6) is -0.910. The van der Waals surface area contributed by atoms with E-state index in [-0.39, 0.29) is 16.2 Å². The second kappa shape index (κ2) is 5.54. The van der Waals surface area contributed by atoms with Gasteiger partial charge in [0.15, 0.2) is 0 Å². The van der Waals surface area contributed by atoms with E-state index < -0.39 is 17.7 Å². The van der Waals surface area contributed by atoms with Gasteiger partial charge in [-0.3, -0.25) is 0 Å². The summed E-state index contributed by atoms with van der Waals surface area (Å²) < 4.78 is 0. The molecule has 1 heterocycles. The highest BCUT2D eigenvalue weighted by Crippen LogP contribution is 2.60. The Kier molecular flexibility index (Phi) is 4.87. The van der Waals surface area contributed by atoms with E-state index in [2.05, 4.69) is 55.4 Å². The SMILES string of the molecule is CCCCC1(C(=O)O)OOC1C(C)(C(C)(C)C)C(C)(C)C. The van der Waals surface area contributed by atoms with E-state index >= 15 is 0 Å². The largest absolute Gasteiger partial charge is 0.479 e. The van der Waals surface area contributed by atoms with Crippen molar-refractivity contribution in [3.8, 4) is 0 Å². The molecule has 0 spiro atoms. The molecule has 0 aromatic rings. The molecule has 0 aromatic heterocycles. The minimum atomic E-state index is -1.22. The lowest BCUT2D eigenvalue weighted by molar-refractivity contribution is -0.527. The summed E-state index contributed by atoms with van der Waals surface area (Å²) in [7, 11) is 0. The molecule has 1 fully saturated rings. The van der Waals surface area contributed by atoms with Crippen LogP contribution in [0.3, 0.4) is 0 Å². The summed E-state index contributed by atoms with van der Waals surface area (Å²) in [6.07, 6.45) is 1.79. The average molecular weight is 300 g/mol. The standard InChI is InChI=1S/C17H32O4/c1-9-10-11-17(13(18)19)12(20-21-17)16(8,14(2,3)4)15(5,6)7/h12H,9-11H2,1-8H3,(H,18,19). The predicted molar refractivity (Wildman–Crippen MR) is 82.9 cm³/mol. The Hall–Kier alpha value is -0.610. The van der Waals surface area contributed by atoms with Crippen LogP contribution >= 0.6 is 0 Å². The van der Waals surface area contributed by atoms with Crippen LogP contribution in [0, 0.1) is 16.2 Å². The van der Waals surface area contributed by atoms with Crippen LogP contribution in [0.1, 0.15) is 74.7 Å². The minimum Gasteiger partial charge on any atom is -0.479 e. The van der Waals surface area contributed by atoms with Crippen LogP contribution in [-0.4, -0.2) is 22.8 Å². The molecule has 0 radical (unpaired) electrons. The number of aliphatic carboxylic acids is 1. The zero-order valence-electron chi connectivity index (χ0n) is 14.9. The van der Waals surface area contributed by atoms with Gasteiger partial charge < -0.3 is 5.11 Å².